The highest BCUT2D eigenvalue weighted by atomic mass is 32.2. The van der Waals surface area contributed by atoms with Crippen molar-refractivity contribution in [3.05, 3.63) is 23.8 Å². The van der Waals surface area contributed by atoms with Gasteiger partial charge in [-0.05, 0) is 18.2 Å². The fourth-order valence-corrected chi connectivity index (χ4v) is 2.33. The highest BCUT2D eigenvalue weighted by Gasteiger charge is 2.30. The minimum absolute atomic E-state index is 0.0322. The second kappa shape index (κ2) is 6.47. The molecule has 4 nitrogen and oxygen atoms in total. The normalized spacial score (nSPS) is 12.2. The lowest BCUT2D eigenvalue weighted by molar-refractivity contribution is -0.137. The Morgan fingerprint density at radius 3 is 2.80 bits per heavy atom. The van der Waals surface area contributed by atoms with Crippen LogP contribution in [0.15, 0.2) is 23.4 Å². The summed E-state index contributed by atoms with van der Waals surface area (Å²) in [5, 5.41) is 9.08. The summed E-state index contributed by atoms with van der Waals surface area (Å²) in [6.07, 6.45) is -4.36. The summed E-state index contributed by atoms with van der Waals surface area (Å²) >= 11 is 1.36. The predicted molar refractivity (Wildman–Crippen MR) is 69.7 cm³/mol. The summed E-state index contributed by atoms with van der Waals surface area (Å²) in [6.45, 7) is 0.682. The van der Waals surface area contributed by atoms with Crippen LogP contribution < -0.4 is 0 Å². The average Bonchev–Trinajstić information content (AvgIpc) is 2.79. The number of ether oxygens (including phenoxy) is 1. The standard InChI is InChI=1S/C12H13F3N2O2S/c13-12(14,15)8-1-2-9-10(7-8)17-11(16-9)20-6-5-19-4-3-18/h1-2,7,18H,3-6H2,(H,16,17). The van der Waals surface area contributed by atoms with E-state index in [1.54, 1.807) is 0 Å². The third-order valence-corrected chi connectivity index (χ3v) is 3.33. The van der Waals surface area contributed by atoms with Gasteiger partial charge in [0.05, 0.1) is 36.4 Å². The van der Waals surface area contributed by atoms with E-state index < -0.39 is 11.7 Å². The predicted octanol–water partition coefficient (Wildman–Crippen LogP) is 2.68. The molecule has 0 fully saturated rings. The Hall–Kier alpha value is -1.25. The molecule has 8 heteroatoms. The highest BCUT2D eigenvalue weighted by molar-refractivity contribution is 7.99. The van der Waals surface area contributed by atoms with Gasteiger partial charge in [-0.25, -0.2) is 4.98 Å². The van der Waals surface area contributed by atoms with Crippen molar-refractivity contribution >= 4 is 22.8 Å². The largest absolute Gasteiger partial charge is 0.416 e. The fraction of sp³-hybridized carbons (Fsp3) is 0.417. The van der Waals surface area contributed by atoms with E-state index in [1.807, 2.05) is 0 Å². The van der Waals surface area contributed by atoms with Crippen LogP contribution in [0.2, 0.25) is 0 Å². The molecule has 0 aliphatic carbocycles. The summed E-state index contributed by atoms with van der Waals surface area (Å²) in [4.78, 5) is 7.03. The molecule has 0 saturated heterocycles. The van der Waals surface area contributed by atoms with Crippen LogP contribution in [0.5, 0.6) is 0 Å². The van der Waals surface area contributed by atoms with E-state index in [9.17, 15) is 13.2 Å². The van der Waals surface area contributed by atoms with E-state index in [4.69, 9.17) is 9.84 Å². The number of halogens is 3. The first kappa shape index (κ1) is 15.1. The molecule has 0 saturated carbocycles. The van der Waals surface area contributed by atoms with Gasteiger partial charge in [0.1, 0.15) is 0 Å². The minimum atomic E-state index is -4.36. The topological polar surface area (TPSA) is 58.1 Å². The van der Waals surface area contributed by atoms with Crippen molar-refractivity contribution in [1.29, 1.82) is 0 Å². The monoisotopic (exact) mass is 306 g/mol. The average molecular weight is 306 g/mol. The van der Waals surface area contributed by atoms with E-state index in [0.29, 0.717) is 28.5 Å². The van der Waals surface area contributed by atoms with Crippen molar-refractivity contribution in [1.82, 2.24) is 9.97 Å². The number of H-pyrrole nitrogens is 1. The van der Waals surface area contributed by atoms with E-state index in [-0.39, 0.29) is 13.2 Å². The van der Waals surface area contributed by atoms with Gasteiger partial charge < -0.3 is 14.8 Å². The van der Waals surface area contributed by atoms with E-state index in [0.717, 1.165) is 12.1 Å². The number of aliphatic hydroxyl groups is 1. The molecule has 2 N–H and O–H groups in total. The van der Waals surface area contributed by atoms with Crippen molar-refractivity contribution in [3.8, 4) is 0 Å². The Kier molecular flexibility index (Phi) is 4.90. The van der Waals surface area contributed by atoms with Crippen LogP contribution >= 0.6 is 11.8 Å². The number of benzene rings is 1. The first-order valence-corrected chi connectivity index (χ1v) is 6.87. The smallest absolute Gasteiger partial charge is 0.394 e. The Morgan fingerprint density at radius 2 is 2.10 bits per heavy atom. The van der Waals surface area contributed by atoms with Crippen LogP contribution in [0, 0.1) is 0 Å². The number of hydrogen-bond donors (Lipinski definition) is 2. The molecule has 0 amide bonds. The van der Waals surface area contributed by atoms with Gasteiger partial charge >= 0.3 is 6.18 Å². The third-order valence-electron chi connectivity index (χ3n) is 2.49. The van der Waals surface area contributed by atoms with Crippen molar-refractivity contribution < 1.29 is 23.0 Å². The number of nitrogens with one attached hydrogen (secondary N) is 1. The molecule has 0 bridgehead atoms. The van der Waals surface area contributed by atoms with Crippen molar-refractivity contribution in [3.63, 3.8) is 0 Å². The van der Waals surface area contributed by atoms with Gasteiger partial charge in [-0.1, -0.05) is 11.8 Å². The Labute approximate surface area is 117 Å². The lowest BCUT2D eigenvalue weighted by Crippen LogP contribution is -2.04. The molecule has 0 unspecified atom stereocenters. The molecule has 0 atom stereocenters. The number of aromatic nitrogens is 2. The molecule has 1 aromatic heterocycles. The number of rotatable bonds is 6. The minimum Gasteiger partial charge on any atom is -0.394 e. The number of hydrogen-bond acceptors (Lipinski definition) is 4. The summed E-state index contributed by atoms with van der Waals surface area (Å²) in [5.74, 6) is 0.603. The first-order valence-electron chi connectivity index (χ1n) is 5.89. The first-order chi connectivity index (χ1) is 9.50. The van der Waals surface area contributed by atoms with Crippen molar-refractivity contribution in [2.45, 2.75) is 11.3 Å². The van der Waals surface area contributed by atoms with Crippen LogP contribution in [-0.2, 0) is 10.9 Å². The summed E-state index contributed by atoms with van der Waals surface area (Å²) < 4.78 is 42.8. The lowest BCUT2D eigenvalue weighted by Gasteiger charge is -2.05. The number of imidazole rings is 1. The summed E-state index contributed by atoms with van der Waals surface area (Å²) in [6, 6.07) is 3.41. The van der Waals surface area contributed by atoms with Crippen LogP contribution in [0.3, 0.4) is 0 Å². The summed E-state index contributed by atoms with van der Waals surface area (Å²) in [7, 11) is 0. The second-order valence-corrected chi connectivity index (χ2v) is 5.04. The SMILES string of the molecule is OCCOCCSc1nc2ccc(C(F)(F)F)cc2[nH]1. The van der Waals surface area contributed by atoms with Gasteiger partial charge in [0.15, 0.2) is 5.16 Å². The molecule has 0 aliphatic heterocycles. The molecule has 20 heavy (non-hydrogen) atoms. The molecular formula is C12H13F3N2O2S. The summed E-state index contributed by atoms with van der Waals surface area (Å²) in [5.41, 5.74) is 0.159. The van der Waals surface area contributed by atoms with E-state index >= 15 is 0 Å². The van der Waals surface area contributed by atoms with Gasteiger partial charge in [0.25, 0.3) is 0 Å². The molecule has 110 valence electrons. The maximum atomic E-state index is 12.6. The van der Waals surface area contributed by atoms with Crippen LogP contribution in [-0.4, -0.2) is 40.6 Å². The zero-order valence-electron chi connectivity index (χ0n) is 10.4. The molecule has 1 heterocycles. The van der Waals surface area contributed by atoms with Gasteiger partial charge in [-0.15, -0.1) is 0 Å². The second-order valence-electron chi connectivity index (χ2n) is 3.96. The molecule has 0 aliphatic rings. The number of fused-ring (bicyclic) bond motifs is 1. The zero-order valence-corrected chi connectivity index (χ0v) is 11.2. The Balaban J connectivity index is 2.02. The zero-order chi connectivity index (χ0) is 14.6. The molecule has 0 spiro atoms. The fourth-order valence-electron chi connectivity index (χ4n) is 1.59. The highest BCUT2D eigenvalue weighted by Crippen LogP contribution is 2.31. The number of thioether (sulfide) groups is 1. The molecule has 0 radical (unpaired) electrons. The van der Waals surface area contributed by atoms with Gasteiger partial charge in [0.2, 0.25) is 0 Å². The number of aromatic amines is 1. The maximum Gasteiger partial charge on any atom is 0.416 e. The Morgan fingerprint density at radius 1 is 1.30 bits per heavy atom. The molecule has 2 aromatic rings. The Bertz CT molecular complexity index is 571. The molecular weight excluding hydrogens is 293 g/mol. The van der Waals surface area contributed by atoms with E-state index in [2.05, 4.69) is 9.97 Å². The van der Waals surface area contributed by atoms with Gasteiger partial charge in [-0.2, -0.15) is 13.2 Å². The number of alkyl halides is 3. The van der Waals surface area contributed by atoms with Crippen molar-refractivity contribution in [2.75, 3.05) is 25.6 Å². The molecule has 1 aromatic carbocycles. The quantitative estimate of drug-likeness (QED) is 0.636. The molecule has 2 rings (SSSR count). The number of aliphatic hydroxyl groups excluding tert-OH is 1. The van der Waals surface area contributed by atoms with Crippen LogP contribution in [0.4, 0.5) is 13.2 Å². The van der Waals surface area contributed by atoms with Crippen LogP contribution in [0.1, 0.15) is 5.56 Å². The maximum absolute atomic E-state index is 12.6. The van der Waals surface area contributed by atoms with Gasteiger partial charge in [0, 0.05) is 5.75 Å². The van der Waals surface area contributed by atoms with E-state index in [1.165, 1.54) is 17.8 Å². The van der Waals surface area contributed by atoms with Gasteiger partial charge in [-0.3, -0.25) is 0 Å². The lowest BCUT2D eigenvalue weighted by atomic mass is 10.2. The number of nitrogens with zero attached hydrogens (tertiary/aromatic N) is 1. The van der Waals surface area contributed by atoms with Crippen LogP contribution in [0.25, 0.3) is 11.0 Å². The van der Waals surface area contributed by atoms with Crippen molar-refractivity contribution in [2.24, 2.45) is 0 Å². The third kappa shape index (κ3) is 3.87.